The molecule has 17 heavy (non-hydrogen) atoms. The molecule has 0 aliphatic rings. The first-order valence-electron chi connectivity index (χ1n) is 5.78. The number of nitrogens with one attached hydrogen (secondary N) is 2. The monoisotopic (exact) mass is 230 g/mol. The van der Waals surface area contributed by atoms with Crippen LogP contribution in [0.1, 0.15) is 18.2 Å². The van der Waals surface area contributed by atoms with Crippen LogP contribution in [0.2, 0.25) is 0 Å². The molecule has 0 fully saturated rings. The number of benzene rings is 1. The van der Waals surface area contributed by atoms with Crippen molar-refractivity contribution in [3.8, 4) is 0 Å². The molecule has 1 aromatic heterocycles. The van der Waals surface area contributed by atoms with Gasteiger partial charge < -0.3 is 15.4 Å². The third-order valence-corrected chi connectivity index (χ3v) is 3.06. The highest BCUT2D eigenvalue weighted by Crippen LogP contribution is 2.20. The van der Waals surface area contributed by atoms with Gasteiger partial charge in [-0.3, -0.25) is 0 Å². The molecule has 3 nitrogen and oxygen atoms in total. The first kappa shape index (κ1) is 11.9. The zero-order valence-electron chi connectivity index (χ0n) is 9.98. The van der Waals surface area contributed by atoms with E-state index in [1.165, 1.54) is 0 Å². The Morgan fingerprint density at radius 1 is 1.18 bits per heavy atom. The van der Waals surface area contributed by atoms with Crippen molar-refractivity contribution in [3.05, 3.63) is 59.9 Å². The van der Waals surface area contributed by atoms with E-state index in [-0.39, 0.29) is 6.61 Å². The van der Waals surface area contributed by atoms with Gasteiger partial charge in [-0.05, 0) is 24.6 Å². The average Bonchev–Trinajstić information content (AvgIpc) is 2.90. The summed E-state index contributed by atoms with van der Waals surface area (Å²) in [6, 6.07) is 14.0. The fourth-order valence-electron chi connectivity index (χ4n) is 1.82. The smallest absolute Gasteiger partial charge is 0.0652 e. The van der Waals surface area contributed by atoms with Gasteiger partial charge in [0.25, 0.3) is 0 Å². The minimum absolute atomic E-state index is 0.0672. The van der Waals surface area contributed by atoms with Crippen LogP contribution in [0, 0.1) is 0 Å². The molecule has 0 saturated carbocycles. The van der Waals surface area contributed by atoms with E-state index in [4.69, 9.17) is 0 Å². The number of hydrogen-bond donors (Lipinski definition) is 3. The van der Waals surface area contributed by atoms with Crippen molar-refractivity contribution in [2.45, 2.75) is 19.0 Å². The van der Waals surface area contributed by atoms with E-state index in [9.17, 15) is 5.11 Å². The first-order chi connectivity index (χ1) is 8.24. The third kappa shape index (κ3) is 2.75. The van der Waals surface area contributed by atoms with Crippen LogP contribution in [0.25, 0.3) is 0 Å². The molecular weight excluding hydrogens is 212 g/mol. The fourth-order valence-corrected chi connectivity index (χ4v) is 1.82. The number of aromatic nitrogens is 1. The van der Waals surface area contributed by atoms with E-state index >= 15 is 0 Å². The topological polar surface area (TPSA) is 48.0 Å². The first-order valence-corrected chi connectivity index (χ1v) is 5.78. The Bertz CT molecular complexity index is 439. The minimum Gasteiger partial charge on any atom is -0.394 e. The molecule has 0 saturated heterocycles. The standard InChI is InChI=1S/C14H18N2O/c1-14(11-17,12-6-3-2-4-7-12)16-10-13-8-5-9-15-13/h2-9,15-17H,10-11H2,1H3. The Morgan fingerprint density at radius 3 is 2.53 bits per heavy atom. The SMILES string of the molecule is CC(CO)(NCc1ccc[nH]1)c1ccccc1. The Balaban J connectivity index is 2.09. The Hall–Kier alpha value is -1.58. The van der Waals surface area contributed by atoms with Crippen molar-refractivity contribution >= 4 is 0 Å². The number of aromatic amines is 1. The van der Waals surface area contributed by atoms with Crippen LogP contribution >= 0.6 is 0 Å². The summed E-state index contributed by atoms with van der Waals surface area (Å²) in [6.07, 6.45) is 1.90. The van der Waals surface area contributed by atoms with Crippen molar-refractivity contribution in [1.29, 1.82) is 0 Å². The Kier molecular flexibility index (Phi) is 3.61. The van der Waals surface area contributed by atoms with Crippen molar-refractivity contribution in [3.63, 3.8) is 0 Å². The molecule has 1 aromatic carbocycles. The second-order valence-corrected chi connectivity index (χ2v) is 4.41. The highest BCUT2D eigenvalue weighted by atomic mass is 16.3. The molecule has 2 rings (SSSR count). The molecule has 0 amide bonds. The molecule has 0 radical (unpaired) electrons. The normalized spacial score (nSPS) is 14.5. The van der Waals surface area contributed by atoms with Gasteiger partial charge in [0, 0.05) is 18.4 Å². The largest absolute Gasteiger partial charge is 0.394 e. The summed E-state index contributed by atoms with van der Waals surface area (Å²) in [4.78, 5) is 3.14. The molecule has 0 aliphatic carbocycles. The lowest BCUT2D eigenvalue weighted by molar-refractivity contribution is 0.173. The molecule has 90 valence electrons. The number of aliphatic hydroxyl groups excluding tert-OH is 1. The van der Waals surface area contributed by atoms with Crippen LogP contribution in [0.3, 0.4) is 0 Å². The predicted octanol–water partition coefficient (Wildman–Crippen LogP) is 2.01. The third-order valence-electron chi connectivity index (χ3n) is 3.06. The van der Waals surface area contributed by atoms with Crippen molar-refractivity contribution < 1.29 is 5.11 Å². The molecule has 2 aromatic rings. The molecule has 0 spiro atoms. The van der Waals surface area contributed by atoms with Gasteiger partial charge in [0.15, 0.2) is 0 Å². The van der Waals surface area contributed by atoms with Gasteiger partial charge in [0.1, 0.15) is 0 Å². The summed E-state index contributed by atoms with van der Waals surface area (Å²) in [5.41, 5.74) is 1.79. The van der Waals surface area contributed by atoms with Gasteiger partial charge in [-0.2, -0.15) is 0 Å². The summed E-state index contributed by atoms with van der Waals surface area (Å²) in [5.74, 6) is 0. The molecule has 1 heterocycles. The molecule has 0 bridgehead atoms. The van der Waals surface area contributed by atoms with E-state index in [0.717, 1.165) is 11.3 Å². The van der Waals surface area contributed by atoms with E-state index in [1.807, 2.05) is 55.6 Å². The van der Waals surface area contributed by atoms with Crippen LogP contribution in [0.4, 0.5) is 0 Å². The Labute approximate surface area is 102 Å². The second kappa shape index (κ2) is 5.17. The average molecular weight is 230 g/mol. The maximum Gasteiger partial charge on any atom is 0.0652 e. The quantitative estimate of drug-likeness (QED) is 0.736. The summed E-state index contributed by atoms with van der Waals surface area (Å²) >= 11 is 0. The van der Waals surface area contributed by atoms with Crippen molar-refractivity contribution in [2.24, 2.45) is 0 Å². The fraction of sp³-hybridized carbons (Fsp3) is 0.286. The number of rotatable bonds is 5. The molecule has 3 heteroatoms. The Morgan fingerprint density at radius 2 is 1.94 bits per heavy atom. The van der Waals surface area contributed by atoms with Gasteiger partial charge in [0.05, 0.1) is 12.1 Å². The zero-order chi connectivity index (χ0) is 12.1. The summed E-state index contributed by atoms with van der Waals surface area (Å²) < 4.78 is 0. The minimum atomic E-state index is -0.410. The zero-order valence-corrected chi connectivity index (χ0v) is 9.98. The summed E-state index contributed by atoms with van der Waals surface area (Å²) in [7, 11) is 0. The van der Waals surface area contributed by atoms with Gasteiger partial charge in [-0.1, -0.05) is 30.3 Å². The van der Waals surface area contributed by atoms with E-state index in [2.05, 4.69) is 10.3 Å². The van der Waals surface area contributed by atoms with E-state index < -0.39 is 5.54 Å². The van der Waals surface area contributed by atoms with Gasteiger partial charge in [0.2, 0.25) is 0 Å². The predicted molar refractivity (Wildman–Crippen MR) is 68.5 cm³/mol. The second-order valence-electron chi connectivity index (χ2n) is 4.41. The number of hydrogen-bond acceptors (Lipinski definition) is 2. The molecule has 1 atom stereocenters. The highest BCUT2D eigenvalue weighted by Gasteiger charge is 2.24. The van der Waals surface area contributed by atoms with Gasteiger partial charge in [-0.25, -0.2) is 0 Å². The van der Waals surface area contributed by atoms with Gasteiger partial charge >= 0.3 is 0 Å². The lowest BCUT2D eigenvalue weighted by Gasteiger charge is -2.29. The van der Waals surface area contributed by atoms with Gasteiger partial charge in [-0.15, -0.1) is 0 Å². The molecule has 0 aliphatic heterocycles. The lowest BCUT2D eigenvalue weighted by atomic mass is 9.93. The van der Waals surface area contributed by atoms with Crippen LogP contribution in [0.5, 0.6) is 0 Å². The van der Waals surface area contributed by atoms with Crippen LogP contribution in [-0.2, 0) is 12.1 Å². The lowest BCUT2D eigenvalue weighted by Crippen LogP contribution is -2.42. The van der Waals surface area contributed by atoms with E-state index in [0.29, 0.717) is 6.54 Å². The maximum atomic E-state index is 9.59. The number of H-pyrrole nitrogens is 1. The van der Waals surface area contributed by atoms with Crippen molar-refractivity contribution in [2.75, 3.05) is 6.61 Å². The summed E-state index contributed by atoms with van der Waals surface area (Å²) in [5, 5.41) is 13.0. The number of aliphatic hydroxyl groups is 1. The summed E-state index contributed by atoms with van der Waals surface area (Å²) in [6.45, 7) is 2.78. The van der Waals surface area contributed by atoms with Crippen LogP contribution in [-0.4, -0.2) is 16.7 Å². The maximum absolute atomic E-state index is 9.59. The van der Waals surface area contributed by atoms with Crippen molar-refractivity contribution in [1.82, 2.24) is 10.3 Å². The van der Waals surface area contributed by atoms with E-state index in [1.54, 1.807) is 0 Å². The van der Waals surface area contributed by atoms with Crippen LogP contribution < -0.4 is 5.32 Å². The molecule has 3 N–H and O–H groups in total. The highest BCUT2D eigenvalue weighted by molar-refractivity contribution is 5.24. The molecular formula is C14H18N2O. The van der Waals surface area contributed by atoms with Crippen LogP contribution in [0.15, 0.2) is 48.7 Å². The molecule has 1 unspecified atom stereocenters.